The van der Waals surface area contributed by atoms with Gasteiger partial charge in [0, 0.05) is 61.7 Å². The Labute approximate surface area is 363 Å². The predicted octanol–water partition coefficient (Wildman–Crippen LogP) is 14.1. The van der Waals surface area contributed by atoms with Gasteiger partial charge in [0.15, 0.2) is 0 Å². The third kappa shape index (κ3) is 5.53. The number of aryl methyl sites for hydroxylation is 1. The van der Waals surface area contributed by atoms with Gasteiger partial charge in [0.25, 0.3) is 6.71 Å². The molecular weight excluding hydrogens is 755 g/mol. The van der Waals surface area contributed by atoms with Gasteiger partial charge >= 0.3 is 0 Å². The largest absolute Gasteiger partial charge is 0.456 e. The van der Waals surface area contributed by atoms with E-state index in [-0.39, 0.29) is 17.5 Å². The highest BCUT2D eigenvalue weighted by molar-refractivity contribution is 7.00. The molecule has 4 heterocycles. The van der Waals surface area contributed by atoms with Crippen LogP contribution < -0.4 is 26.2 Å². The van der Waals surface area contributed by atoms with Crippen molar-refractivity contribution in [3.63, 3.8) is 0 Å². The topological polar surface area (TPSA) is 32.8 Å². The minimum atomic E-state index is -0.0356. The fraction of sp³-hybridized carbons (Fsp3) is 0.158. The van der Waals surface area contributed by atoms with Crippen LogP contribution in [0.15, 0.2) is 167 Å². The summed E-state index contributed by atoms with van der Waals surface area (Å²) in [6.07, 6.45) is 0. The zero-order valence-electron chi connectivity index (χ0n) is 36.3. The summed E-state index contributed by atoms with van der Waals surface area (Å²) in [4.78, 5) is 5.01. The van der Waals surface area contributed by atoms with Crippen LogP contribution in [0.2, 0.25) is 0 Å². The van der Waals surface area contributed by atoms with Crippen molar-refractivity contribution in [2.45, 2.75) is 59.3 Å². The Morgan fingerprint density at radius 1 is 0.403 bits per heavy atom. The molecule has 0 N–H and O–H groups in total. The monoisotopic (exact) mass is 802 g/mol. The lowest BCUT2D eigenvalue weighted by Gasteiger charge is -2.45. The third-order valence-electron chi connectivity index (χ3n) is 13.4. The average Bonchev–Trinajstić information content (AvgIpc) is 3.83. The number of hydrogen-bond donors (Lipinski definition) is 0. The summed E-state index contributed by atoms with van der Waals surface area (Å²) in [7, 11) is 0. The van der Waals surface area contributed by atoms with Gasteiger partial charge in [-0.15, -0.1) is 0 Å². The number of anilines is 6. The van der Waals surface area contributed by atoms with E-state index in [0.717, 1.165) is 66.4 Å². The van der Waals surface area contributed by atoms with Crippen molar-refractivity contribution in [1.29, 1.82) is 0 Å². The molecule has 300 valence electrons. The molecule has 0 radical (unpaired) electrons. The van der Waals surface area contributed by atoms with Gasteiger partial charge < -0.3 is 18.6 Å². The second-order valence-corrected chi connectivity index (χ2v) is 19.5. The van der Waals surface area contributed by atoms with Crippen molar-refractivity contribution < 1.29 is 8.83 Å². The fourth-order valence-corrected chi connectivity index (χ4v) is 10.2. The summed E-state index contributed by atoms with van der Waals surface area (Å²) in [6.45, 7) is 16.2. The van der Waals surface area contributed by atoms with Crippen molar-refractivity contribution in [3.05, 3.63) is 174 Å². The quantitative estimate of drug-likeness (QED) is 0.167. The van der Waals surface area contributed by atoms with E-state index in [4.69, 9.17) is 8.83 Å². The number of fused-ring (bicyclic) bond motifs is 10. The highest BCUT2D eigenvalue weighted by Gasteiger charge is 2.44. The van der Waals surface area contributed by atoms with Crippen molar-refractivity contribution in [3.8, 4) is 11.1 Å². The van der Waals surface area contributed by atoms with Crippen LogP contribution in [0.5, 0.6) is 0 Å². The first-order chi connectivity index (χ1) is 29.9. The Bertz CT molecular complexity index is 3470. The predicted molar refractivity (Wildman–Crippen MR) is 263 cm³/mol. The zero-order chi connectivity index (χ0) is 42.2. The second-order valence-electron chi connectivity index (χ2n) is 19.5. The Balaban J connectivity index is 1.07. The molecule has 0 saturated carbocycles. The van der Waals surface area contributed by atoms with Gasteiger partial charge in [-0.1, -0.05) is 120 Å². The lowest BCUT2D eigenvalue weighted by Crippen LogP contribution is -2.61. The first-order valence-corrected chi connectivity index (χ1v) is 21.9. The van der Waals surface area contributed by atoms with Crippen molar-refractivity contribution in [1.82, 2.24) is 0 Å². The molecule has 8 aromatic carbocycles. The van der Waals surface area contributed by atoms with Crippen molar-refractivity contribution >= 4 is 101 Å². The Morgan fingerprint density at radius 2 is 0.935 bits per heavy atom. The van der Waals surface area contributed by atoms with Gasteiger partial charge in [-0.25, -0.2) is 0 Å². The standard InChI is InChI=1S/C57H47BN2O2/c1-34-28-49-55-50(29-34)60(40-23-25-44-42-13-9-11-15-52(42)62-54(44)33-40)48-32-38(57(5,6)7)19-26-45(48)58(55)46-31-37(56(2,3)4)20-27-47(46)59(49)39-21-16-35(17-22-39)36-18-24-43-41-12-8-10-14-51(41)61-53(43)30-36/h8-33H,1-7H3. The summed E-state index contributed by atoms with van der Waals surface area (Å²) in [5, 5.41) is 4.56. The number of furan rings is 2. The van der Waals surface area contributed by atoms with Crippen LogP contribution in [-0.4, -0.2) is 6.71 Å². The molecule has 0 saturated heterocycles. The van der Waals surface area contributed by atoms with Crippen LogP contribution in [0.1, 0.15) is 58.2 Å². The van der Waals surface area contributed by atoms with E-state index >= 15 is 0 Å². The maximum atomic E-state index is 6.54. The molecule has 0 spiro atoms. The van der Waals surface area contributed by atoms with E-state index in [1.165, 1.54) is 55.8 Å². The molecule has 0 fully saturated rings. The maximum Gasteiger partial charge on any atom is 0.252 e. The number of benzene rings is 8. The molecule has 0 bridgehead atoms. The van der Waals surface area contributed by atoms with Gasteiger partial charge in [0.05, 0.1) is 0 Å². The van der Waals surface area contributed by atoms with Crippen LogP contribution in [0.3, 0.4) is 0 Å². The van der Waals surface area contributed by atoms with Crippen molar-refractivity contribution in [2.75, 3.05) is 9.80 Å². The molecular formula is C57H47BN2O2. The van der Waals surface area contributed by atoms with Gasteiger partial charge in [-0.3, -0.25) is 0 Å². The third-order valence-corrected chi connectivity index (χ3v) is 13.4. The SMILES string of the molecule is Cc1cc2c3c(c1)N(c1ccc4c(c1)oc1ccccc14)c1cc(C(C)(C)C)ccc1B3c1cc(C(C)(C)C)ccc1N2c1ccc(-c2ccc3c(c2)oc2ccccc23)cc1. The lowest BCUT2D eigenvalue weighted by atomic mass is 9.33. The highest BCUT2D eigenvalue weighted by Crippen LogP contribution is 2.47. The summed E-state index contributed by atoms with van der Waals surface area (Å²) >= 11 is 0. The number of para-hydroxylation sites is 2. The number of rotatable bonds is 3. The van der Waals surface area contributed by atoms with Gasteiger partial charge in [0.1, 0.15) is 22.3 Å². The van der Waals surface area contributed by atoms with E-state index < -0.39 is 0 Å². The molecule has 2 aliphatic rings. The molecule has 10 aromatic rings. The Hall–Kier alpha value is -6.98. The molecule has 0 amide bonds. The fourth-order valence-electron chi connectivity index (χ4n) is 10.2. The van der Waals surface area contributed by atoms with E-state index in [2.05, 4.69) is 198 Å². The molecule has 5 heteroatoms. The van der Waals surface area contributed by atoms with E-state index in [1.807, 2.05) is 18.2 Å². The van der Waals surface area contributed by atoms with Crippen LogP contribution >= 0.6 is 0 Å². The first-order valence-electron chi connectivity index (χ1n) is 21.9. The summed E-state index contributed by atoms with van der Waals surface area (Å²) < 4.78 is 12.8. The summed E-state index contributed by atoms with van der Waals surface area (Å²) in [6, 6.07) is 58.3. The summed E-state index contributed by atoms with van der Waals surface area (Å²) in [5.74, 6) is 0. The molecule has 4 nitrogen and oxygen atoms in total. The number of nitrogens with zero attached hydrogens (tertiary/aromatic N) is 2. The molecule has 62 heavy (non-hydrogen) atoms. The van der Waals surface area contributed by atoms with E-state index in [1.54, 1.807) is 0 Å². The molecule has 12 rings (SSSR count). The van der Waals surface area contributed by atoms with Gasteiger partial charge in [0.2, 0.25) is 0 Å². The van der Waals surface area contributed by atoms with Crippen molar-refractivity contribution in [2.24, 2.45) is 0 Å². The maximum absolute atomic E-state index is 6.54. The molecule has 0 aliphatic carbocycles. The first kappa shape index (κ1) is 36.8. The lowest BCUT2D eigenvalue weighted by molar-refractivity contribution is 0.590. The van der Waals surface area contributed by atoms with Crippen LogP contribution in [0.4, 0.5) is 34.1 Å². The van der Waals surface area contributed by atoms with Crippen LogP contribution in [0, 0.1) is 6.92 Å². The van der Waals surface area contributed by atoms with Crippen LogP contribution in [-0.2, 0) is 10.8 Å². The average molecular weight is 803 g/mol. The smallest absolute Gasteiger partial charge is 0.252 e. The normalized spacial score (nSPS) is 13.6. The van der Waals surface area contributed by atoms with E-state index in [9.17, 15) is 0 Å². The molecule has 2 aromatic heterocycles. The van der Waals surface area contributed by atoms with E-state index in [0.29, 0.717) is 0 Å². The minimum Gasteiger partial charge on any atom is -0.456 e. The van der Waals surface area contributed by atoms with Crippen LogP contribution in [0.25, 0.3) is 55.0 Å². The Kier molecular flexibility index (Phi) is 7.73. The van der Waals surface area contributed by atoms with Gasteiger partial charge in [-0.2, -0.15) is 0 Å². The number of hydrogen-bond acceptors (Lipinski definition) is 4. The molecule has 0 atom stereocenters. The Morgan fingerprint density at radius 3 is 1.60 bits per heavy atom. The highest BCUT2D eigenvalue weighted by atomic mass is 16.3. The van der Waals surface area contributed by atoms with Gasteiger partial charge in [-0.05, 0) is 135 Å². The summed E-state index contributed by atoms with van der Waals surface area (Å²) in [5.41, 5.74) is 20.7. The zero-order valence-corrected chi connectivity index (χ0v) is 36.3. The molecule has 0 unspecified atom stereocenters. The minimum absolute atomic E-state index is 0.0270. The second kappa shape index (κ2) is 13.0. The molecule has 2 aliphatic heterocycles.